The molecule has 1 spiro atoms. The van der Waals surface area contributed by atoms with Crippen LogP contribution in [0.3, 0.4) is 0 Å². The Kier molecular flexibility index (Phi) is 9.55. The Morgan fingerprint density at radius 3 is 2.44 bits per heavy atom. The number of nitrogens with one attached hydrogen (secondary N) is 1. The van der Waals surface area contributed by atoms with Crippen LogP contribution in [0.5, 0.6) is 0 Å². The summed E-state index contributed by atoms with van der Waals surface area (Å²) in [6.07, 6.45) is 5.98. The molecule has 48 heavy (non-hydrogen) atoms. The second-order valence-corrected chi connectivity index (χ2v) is 13.1. The molecule has 4 heterocycles. The fourth-order valence-electron chi connectivity index (χ4n) is 7.79. The van der Waals surface area contributed by atoms with Crippen LogP contribution in [0.25, 0.3) is 0 Å². The van der Waals surface area contributed by atoms with Crippen LogP contribution in [-0.4, -0.2) is 90.4 Å². The Morgan fingerprint density at radius 1 is 1.02 bits per heavy atom. The molecule has 11 heteroatoms. The number of rotatable bonds is 6. The van der Waals surface area contributed by atoms with Crippen molar-refractivity contribution in [1.29, 1.82) is 0 Å². The number of anilines is 1. The second kappa shape index (κ2) is 13.7. The molecular formula is C37H43N3O8. The number of para-hydroxylation sites is 1. The maximum absolute atomic E-state index is 15.0. The van der Waals surface area contributed by atoms with Gasteiger partial charge < -0.3 is 34.4 Å². The van der Waals surface area contributed by atoms with Crippen LogP contribution < -0.4 is 10.2 Å². The van der Waals surface area contributed by atoms with Gasteiger partial charge in [0.15, 0.2) is 0 Å². The van der Waals surface area contributed by atoms with Gasteiger partial charge in [-0.25, -0.2) is 0 Å². The minimum atomic E-state index is -1.46. The first-order valence-electron chi connectivity index (χ1n) is 16.5. The number of hydrogen-bond donors (Lipinski definition) is 2. The van der Waals surface area contributed by atoms with Gasteiger partial charge in [-0.05, 0) is 43.9 Å². The van der Waals surface area contributed by atoms with Crippen molar-refractivity contribution in [3.8, 4) is 0 Å². The molecule has 3 amide bonds. The highest BCUT2D eigenvalue weighted by Gasteiger charge is 2.74. The van der Waals surface area contributed by atoms with Crippen LogP contribution in [-0.2, 0) is 33.4 Å². The number of methoxy groups -OCH3 is 1. The molecule has 4 aliphatic rings. The summed E-state index contributed by atoms with van der Waals surface area (Å²) in [5.74, 6) is -3.92. The molecule has 11 nitrogen and oxygen atoms in total. The van der Waals surface area contributed by atoms with E-state index in [-0.39, 0.29) is 25.5 Å². The number of cyclic esters (lactones) is 1. The third kappa shape index (κ3) is 5.73. The lowest BCUT2D eigenvalue weighted by Crippen LogP contribution is -2.58. The van der Waals surface area contributed by atoms with Crippen molar-refractivity contribution in [3.05, 3.63) is 89.5 Å². The van der Waals surface area contributed by atoms with E-state index < -0.39 is 72.2 Å². The lowest BCUT2D eigenvalue weighted by atomic mass is 9.74. The Morgan fingerprint density at radius 2 is 1.75 bits per heavy atom. The molecule has 254 valence electrons. The third-order valence-corrected chi connectivity index (χ3v) is 9.95. The van der Waals surface area contributed by atoms with E-state index in [4.69, 9.17) is 14.2 Å². The van der Waals surface area contributed by atoms with Gasteiger partial charge in [-0.2, -0.15) is 0 Å². The number of esters is 1. The van der Waals surface area contributed by atoms with Crippen molar-refractivity contribution in [1.82, 2.24) is 10.2 Å². The minimum absolute atomic E-state index is 0.0638. The lowest BCUT2D eigenvalue weighted by Gasteiger charge is -2.38. The van der Waals surface area contributed by atoms with E-state index in [1.807, 2.05) is 62.4 Å². The zero-order valence-electron chi connectivity index (χ0n) is 27.7. The lowest BCUT2D eigenvalue weighted by molar-refractivity contribution is -0.162. The number of carbonyl (C=O) groups excluding carboxylic acids is 4. The summed E-state index contributed by atoms with van der Waals surface area (Å²) in [7, 11) is 1.51. The molecule has 6 rings (SSSR count). The summed E-state index contributed by atoms with van der Waals surface area (Å²) in [5.41, 5.74) is 1.62. The maximum Gasteiger partial charge on any atom is 0.313 e. The van der Waals surface area contributed by atoms with E-state index in [0.29, 0.717) is 17.7 Å². The summed E-state index contributed by atoms with van der Waals surface area (Å²) in [5, 5.41) is 13.3. The average molecular weight is 658 g/mol. The van der Waals surface area contributed by atoms with Crippen LogP contribution in [0.1, 0.15) is 42.6 Å². The van der Waals surface area contributed by atoms with E-state index in [2.05, 4.69) is 5.32 Å². The Balaban J connectivity index is 1.48. The molecule has 2 saturated heterocycles. The van der Waals surface area contributed by atoms with Crippen molar-refractivity contribution >= 4 is 29.4 Å². The number of aliphatic hydroxyl groups excluding tert-OH is 1. The van der Waals surface area contributed by atoms with E-state index in [0.717, 1.165) is 11.1 Å². The Labute approximate surface area is 280 Å². The summed E-state index contributed by atoms with van der Waals surface area (Å²) in [6.45, 7) is 5.36. The fraction of sp³-hybridized carbons (Fsp3) is 0.459. The number of ether oxygens (including phenoxy) is 3. The smallest absolute Gasteiger partial charge is 0.313 e. The van der Waals surface area contributed by atoms with Gasteiger partial charge in [0.25, 0.3) is 5.91 Å². The van der Waals surface area contributed by atoms with E-state index in [9.17, 15) is 24.3 Å². The number of nitrogens with zero attached hydrogens (tertiary/aromatic N) is 2. The normalized spacial score (nSPS) is 31.9. The van der Waals surface area contributed by atoms with E-state index in [1.54, 1.807) is 36.1 Å². The number of allylic oxidation sites excluding steroid dienone is 1. The predicted molar refractivity (Wildman–Crippen MR) is 177 cm³/mol. The van der Waals surface area contributed by atoms with Gasteiger partial charge in [-0.3, -0.25) is 19.2 Å². The van der Waals surface area contributed by atoms with Crippen LogP contribution in [0.2, 0.25) is 0 Å². The molecule has 0 radical (unpaired) electrons. The van der Waals surface area contributed by atoms with Crippen molar-refractivity contribution in [2.24, 2.45) is 11.8 Å². The van der Waals surface area contributed by atoms with E-state index in [1.165, 1.54) is 12.0 Å². The summed E-state index contributed by atoms with van der Waals surface area (Å²) in [4.78, 5) is 60.1. The van der Waals surface area contributed by atoms with Gasteiger partial charge in [0, 0.05) is 25.8 Å². The summed E-state index contributed by atoms with van der Waals surface area (Å²) in [6, 6.07) is 12.2. The number of carbonyl (C=O) groups is 4. The summed E-state index contributed by atoms with van der Waals surface area (Å²) >= 11 is 0. The summed E-state index contributed by atoms with van der Waals surface area (Å²) < 4.78 is 18.3. The molecule has 5 bridgehead atoms. The zero-order valence-corrected chi connectivity index (χ0v) is 27.7. The number of fused-ring (bicyclic) bond motifs is 2. The van der Waals surface area contributed by atoms with Gasteiger partial charge in [0.2, 0.25) is 11.8 Å². The van der Waals surface area contributed by atoms with Crippen LogP contribution >= 0.6 is 0 Å². The second-order valence-electron chi connectivity index (χ2n) is 13.1. The molecule has 8 atom stereocenters. The van der Waals surface area contributed by atoms with Crippen LogP contribution in [0, 0.1) is 25.7 Å². The Bertz CT molecular complexity index is 1610. The highest BCUT2D eigenvalue weighted by atomic mass is 16.6. The SMILES string of the molecule is COC[C@H]1NC(=O)CC/C=C\CN(c2c(C)cccc2C)C(=O)[C@@H]2N([C@H](C)CO)C(=O)[C@H]3[C@H](C(=O)O[C@@H]1c1ccccc1)[C@@H]1C=C[C@]23O1. The van der Waals surface area contributed by atoms with Gasteiger partial charge in [0.1, 0.15) is 23.7 Å². The van der Waals surface area contributed by atoms with Gasteiger partial charge in [-0.1, -0.05) is 72.8 Å². The van der Waals surface area contributed by atoms with Crippen LogP contribution in [0.15, 0.2) is 72.8 Å². The first kappa shape index (κ1) is 33.6. The van der Waals surface area contributed by atoms with E-state index >= 15 is 0 Å². The van der Waals surface area contributed by atoms with Gasteiger partial charge in [0.05, 0.1) is 37.3 Å². The molecular weight excluding hydrogens is 614 g/mol. The molecule has 4 aliphatic heterocycles. The first-order valence-corrected chi connectivity index (χ1v) is 16.5. The highest BCUT2D eigenvalue weighted by Crippen LogP contribution is 2.56. The monoisotopic (exact) mass is 657 g/mol. The number of benzene rings is 2. The molecule has 0 aliphatic carbocycles. The number of aliphatic hydroxyl groups is 1. The molecule has 2 aromatic carbocycles. The number of aryl methyl sites for hydroxylation is 2. The van der Waals surface area contributed by atoms with Gasteiger partial charge >= 0.3 is 5.97 Å². The largest absolute Gasteiger partial charge is 0.455 e. The molecule has 2 fully saturated rings. The van der Waals surface area contributed by atoms with Crippen molar-refractivity contribution < 1.29 is 38.5 Å². The number of amides is 3. The van der Waals surface area contributed by atoms with Crippen molar-refractivity contribution in [2.45, 2.75) is 69.5 Å². The standard InChI is InChI=1S/C37H43N3O8/c1-22-12-11-13-23(2)31(22)39-19-10-6-9-16-28(42)38-26(21-46-4)32(25-14-7-5-8-15-25)47-36(45)29-27-17-18-37(48-27)30(29)34(43)40(24(3)20-41)33(37)35(39)44/h5-8,10-15,17-18,24,26-27,29-30,32-33,41H,9,16,19-21H2,1-4H3,(H,38,42)/b10-6-/t24-,26-,27+,29-,30-,32-,33+,37-/m1/s1. The number of likely N-dealkylation sites (tertiary alicyclic amines) is 1. The molecule has 0 aromatic heterocycles. The highest BCUT2D eigenvalue weighted by molar-refractivity contribution is 6.06. The quantitative estimate of drug-likeness (QED) is 0.358. The molecule has 0 unspecified atom stereocenters. The molecule has 2 N–H and O–H groups in total. The predicted octanol–water partition coefficient (Wildman–Crippen LogP) is 2.93. The third-order valence-electron chi connectivity index (χ3n) is 9.95. The van der Waals surface area contributed by atoms with Gasteiger partial charge in [-0.15, -0.1) is 0 Å². The minimum Gasteiger partial charge on any atom is -0.455 e. The maximum atomic E-state index is 15.0. The topological polar surface area (TPSA) is 135 Å². The zero-order chi connectivity index (χ0) is 34.2. The molecule has 0 saturated carbocycles. The Hall–Kier alpha value is -4.32. The first-order chi connectivity index (χ1) is 23.1. The molecule has 2 aromatic rings. The van der Waals surface area contributed by atoms with Crippen molar-refractivity contribution in [2.75, 3.05) is 31.8 Å². The van der Waals surface area contributed by atoms with Crippen LogP contribution in [0.4, 0.5) is 5.69 Å². The number of hydrogen-bond acceptors (Lipinski definition) is 8. The van der Waals surface area contributed by atoms with Crippen molar-refractivity contribution in [3.63, 3.8) is 0 Å². The fourth-order valence-corrected chi connectivity index (χ4v) is 7.79. The average Bonchev–Trinajstić information content (AvgIpc) is 3.72.